The van der Waals surface area contributed by atoms with Crippen molar-refractivity contribution >= 4 is 28.7 Å². The molecule has 0 amide bonds. The summed E-state index contributed by atoms with van der Waals surface area (Å²) in [6.07, 6.45) is 2.04. The second-order valence-corrected chi connectivity index (χ2v) is 4.41. The maximum absolute atomic E-state index is 10.6. The number of carboxylic acid groups (broad SMARTS) is 1. The highest BCUT2D eigenvalue weighted by Gasteiger charge is 2.11. The topological polar surface area (TPSA) is 50.4 Å². The van der Waals surface area contributed by atoms with Crippen LogP contribution in [0.5, 0.6) is 0 Å². The molecule has 0 bridgehead atoms. The Morgan fingerprint density at radius 3 is 2.88 bits per heavy atom. The first-order chi connectivity index (χ1) is 7.61. The van der Waals surface area contributed by atoms with Crippen molar-refractivity contribution in [2.24, 2.45) is 0 Å². The highest BCUT2D eigenvalue weighted by atomic mass is 32.2. The van der Waals surface area contributed by atoms with E-state index >= 15 is 0 Å². The number of carboxylic acids is 1. The van der Waals surface area contributed by atoms with E-state index in [1.54, 1.807) is 17.8 Å². The molecule has 1 aromatic carbocycles. The number of hydrogen-bond acceptors (Lipinski definition) is 3. The highest BCUT2D eigenvalue weighted by Crippen LogP contribution is 2.33. The first kappa shape index (κ1) is 11.1. The van der Waals surface area contributed by atoms with Crippen LogP contribution in [0.15, 0.2) is 27.5 Å². The fourth-order valence-electron chi connectivity index (χ4n) is 1.78. The number of rotatable bonds is 3. The molecule has 84 valence electrons. The first-order valence-corrected chi connectivity index (χ1v) is 6.12. The molecule has 3 nitrogen and oxygen atoms in total. The first-order valence-electron chi connectivity index (χ1n) is 4.89. The van der Waals surface area contributed by atoms with Crippen LogP contribution in [0.4, 0.5) is 0 Å². The van der Waals surface area contributed by atoms with E-state index < -0.39 is 5.97 Å². The molecule has 1 heterocycles. The highest BCUT2D eigenvalue weighted by molar-refractivity contribution is 7.98. The van der Waals surface area contributed by atoms with Crippen LogP contribution in [0.3, 0.4) is 0 Å². The molecule has 0 radical (unpaired) electrons. The maximum atomic E-state index is 10.6. The zero-order valence-electron chi connectivity index (χ0n) is 9.11. The van der Waals surface area contributed by atoms with Gasteiger partial charge in [-0.05, 0) is 30.9 Å². The van der Waals surface area contributed by atoms with Gasteiger partial charge >= 0.3 is 5.97 Å². The smallest absolute Gasteiger partial charge is 0.307 e. The average molecular weight is 236 g/mol. The number of furan rings is 1. The van der Waals surface area contributed by atoms with Gasteiger partial charge in [0, 0.05) is 5.39 Å². The third-order valence-corrected chi connectivity index (χ3v) is 3.35. The quantitative estimate of drug-likeness (QED) is 0.832. The molecule has 4 heteroatoms. The number of fused-ring (bicyclic) bond motifs is 1. The van der Waals surface area contributed by atoms with Crippen LogP contribution in [-0.2, 0) is 11.2 Å². The van der Waals surface area contributed by atoms with E-state index in [4.69, 9.17) is 9.52 Å². The van der Waals surface area contributed by atoms with Gasteiger partial charge in [0.1, 0.15) is 11.3 Å². The minimum Gasteiger partial charge on any atom is -0.481 e. The molecule has 16 heavy (non-hydrogen) atoms. The van der Waals surface area contributed by atoms with Crippen molar-refractivity contribution in [3.8, 4) is 0 Å². The van der Waals surface area contributed by atoms with Crippen LogP contribution in [0.25, 0.3) is 11.0 Å². The van der Waals surface area contributed by atoms with Gasteiger partial charge in [-0.25, -0.2) is 0 Å². The van der Waals surface area contributed by atoms with Crippen LogP contribution in [0.2, 0.25) is 0 Å². The Balaban J connectivity index is 2.54. The van der Waals surface area contributed by atoms with Gasteiger partial charge in [0.25, 0.3) is 0 Å². The molecule has 0 saturated heterocycles. The predicted molar refractivity (Wildman–Crippen MR) is 64.1 cm³/mol. The maximum Gasteiger partial charge on any atom is 0.307 e. The van der Waals surface area contributed by atoms with E-state index in [-0.39, 0.29) is 6.42 Å². The summed E-state index contributed by atoms with van der Waals surface area (Å²) in [6.45, 7) is 1.92. The molecular formula is C12H12O3S. The van der Waals surface area contributed by atoms with Gasteiger partial charge in [0.2, 0.25) is 0 Å². The molecular weight excluding hydrogens is 224 g/mol. The number of aliphatic carboxylic acids is 1. The van der Waals surface area contributed by atoms with Crippen LogP contribution in [0, 0.1) is 6.92 Å². The van der Waals surface area contributed by atoms with E-state index in [1.165, 1.54) is 0 Å². The molecule has 0 unspecified atom stereocenters. The summed E-state index contributed by atoms with van der Waals surface area (Å²) >= 11 is 1.62. The van der Waals surface area contributed by atoms with Crippen molar-refractivity contribution in [2.45, 2.75) is 18.2 Å². The van der Waals surface area contributed by atoms with Gasteiger partial charge in [-0.1, -0.05) is 6.07 Å². The largest absolute Gasteiger partial charge is 0.481 e. The van der Waals surface area contributed by atoms with Crippen molar-refractivity contribution in [3.63, 3.8) is 0 Å². The van der Waals surface area contributed by atoms with Gasteiger partial charge in [-0.3, -0.25) is 4.79 Å². The molecule has 0 atom stereocenters. The molecule has 0 fully saturated rings. The standard InChI is InChI=1S/C12H12O3S/c1-7-12(16-2)9-5-8(6-11(13)14)3-4-10(9)15-7/h3-5H,6H2,1-2H3,(H,13,14). The Hall–Kier alpha value is -1.42. The van der Waals surface area contributed by atoms with Crippen LogP contribution >= 0.6 is 11.8 Å². The van der Waals surface area contributed by atoms with Gasteiger partial charge in [0.05, 0.1) is 11.3 Å². The lowest BCUT2D eigenvalue weighted by Gasteiger charge is -1.97. The van der Waals surface area contributed by atoms with Crippen LogP contribution in [-0.4, -0.2) is 17.3 Å². The van der Waals surface area contributed by atoms with E-state index in [2.05, 4.69) is 0 Å². The second kappa shape index (κ2) is 4.22. The van der Waals surface area contributed by atoms with Gasteiger partial charge in [-0.15, -0.1) is 11.8 Å². The third-order valence-electron chi connectivity index (χ3n) is 2.43. The number of aryl methyl sites for hydroxylation is 1. The summed E-state index contributed by atoms with van der Waals surface area (Å²) < 4.78 is 5.58. The molecule has 2 aromatic rings. The van der Waals surface area contributed by atoms with E-state index in [0.29, 0.717) is 0 Å². The molecule has 2 rings (SSSR count). The fourth-order valence-corrected chi connectivity index (χ4v) is 2.49. The normalized spacial score (nSPS) is 10.9. The lowest BCUT2D eigenvalue weighted by atomic mass is 10.1. The Morgan fingerprint density at radius 1 is 1.50 bits per heavy atom. The lowest BCUT2D eigenvalue weighted by Crippen LogP contribution is -1.99. The molecule has 0 aliphatic carbocycles. The van der Waals surface area contributed by atoms with Crippen molar-refractivity contribution in [1.29, 1.82) is 0 Å². The summed E-state index contributed by atoms with van der Waals surface area (Å²) in [6, 6.07) is 5.52. The summed E-state index contributed by atoms with van der Waals surface area (Å²) in [7, 11) is 0. The molecule has 0 aliphatic rings. The Morgan fingerprint density at radius 2 is 2.25 bits per heavy atom. The van der Waals surface area contributed by atoms with Crippen LogP contribution in [0.1, 0.15) is 11.3 Å². The molecule has 1 N–H and O–H groups in total. The predicted octanol–water partition coefficient (Wildman–Crippen LogP) is 3.09. The lowest BCUT2D eigenvalue weighted by molar-refractivity contribution is -0.136. The summed E-state index contributed by atoms with van der Waals surface area (Å²) in [5.74, 6) is 0.0697. The minimum absolute atomic E-state index is 0.0496. The van der Waals surface area contributed by atoms with Crippen molar-refractivity contribution in [1.82, 2.24) is 0 Å². The van der Waals surface area contributed by atoms with Gasteiger partial charge < -0.3 is 9.52 Å². The summed E-state index contributed by atoms with van der Waals surface area (Å²) in [5, 5.41) is 9.75. The zero-order valence-corrected chi connectivity index (χ0v) is 9.93. The molecule has 0 aliphatic heterocycles. The fraction of sp³-hybridized carbons (Fsp3) is 0.250. The van der Waals surface area contributed by atoms with Crippen molar-refractivity contribution in [3.05, 3.63) is 29.5 Å². The molecule has 0 saturated carbocycles. The van der Waals surface area contributed by atoms with Crippen molar-refractivity contribution in [2.75, 3.05) is 6.26 Å². The summed E-state index contributed by atoms with van der Waals surface area (Å²) in [4.78, 5) is 11.7. The average Bonchev–Trinajstić information content (AvgIpc) is 2.52. The monoisotopic (exact) mass is 236 g/mol. The number of hydrogen-bond donors (Lipinski definition) is 1. The Labute approximate surface area is 97.4 Å². The van der Waals surface area contributed by atoms with Crippen molar-refractivity contribution < 1.29 is 14.3 Å². The Bertz CT molecular complexity index is 542. The SMILES string of the molecule is CSc1c(C)oc2ccc(CC(=O)O)cc12. The Kier molecular flexibility index (Phi) is 2.92. The zero-order chi connectivity index (χ0) is 11.7. The third kappa shape index (κ3) is 1.93. The number of carbonyl (C=O) groups is 1. The molecule has 0 spiro atoms. The number of benzene rings is 1. The van der Waals surface area contributed by atoms with Gasteiger partial charge in [0.15, 0.2) is 0 Å². The van der Waals surface area contributed by atoms with E-state index in [0.717, 1.165) is 27.2 Å². The minimum atomic E-state index is -0.815. The van der Waals surface area contributed by atoms with Crippen LogP contribution < -0.4 is 0 Å². The van der Waals surface area contributed by atoms with E-state index in [1.807, 2.05) is 25.3 Å². The number of thioether (sulfide) groups is 1. The van der Waals surface area contributed by atoms with Gasteiger partial charge in [-0.2, -0.15) is 0 Å². The second-order valence-electron chi connectivity index (χ2n) is 3.59. The molecule has 1 aromatic heterocycles. The van der Waals surface area contributed by atoms with E-state index in [9.17, 15) is 4.79 Å². The summed E-state index contributed by atoms with van der Waals surface area (Å²) in [5.41, 5.74) is 1.62.